The van der Waals surface area contributed by atoms with Crippen molar-refractivity contribution >= 4 is 11.8 Å². The number of carboxylic acid groups (broad SMARTS) is 1. The first-order valence-corrected chi connectivity index (χ1v) is 7.16. The van der Waals surface area contributed by atoms with Crippen molar-refractivity contribution in [3.05, 3.63) is 36.2 Å². The fourth-order valence-corrected chi connectivity index (χ4v) is 1.83. The predicted octanol–water partition coefficient (Wildman–Crippen LogP) is 1.12. The number of rotatable bonds is 9. The number of hydrogen-bond donors (Lipinski definition) is 3. The van der Waals surface area contributed by atoms with E-state index in [0.717, 1.165) is 0 Å². The third kappa shape index (κ3) is 5.61. The van der Waals surface area contributed by atoms with E-state index in [-0.39, 0.29) is 13.0 Å². The largest absolute Gasteiger partial charge is 0.481 e. The van der Waals surface area contributed by atoms with Gasteiger partial charge in [-0.2, -0.15) is 0 Å². The van der Waals surface area contributed by atoms with Crippen LogP contribution in [-0.2, 0) is 16.1 Å². The molecule has 3 N–H and O–H groups in total. The monoisotopic (exact) mass is 317 g/mol. The second kappa shape index (κ2) is 8.76. The number of carboxylic acids is 1. The molecule has 0 amide bonds. The topological polar surface area (TPSA) is 109 Å². The van der Waals surface area contributed by atoms with E-state index in [2.05, 4.69) is 25.6 Å². The summed E-state index contributed by atoms with van der Waals surface area (Å²) >= 11 is 0. The number of carbonyl (C=O) groups is 1. The Morgan fingerprint density at radius 1 is 1.35 bits per heavy atom. The summed E-state index contributed by atoms with van der Waals surface area (Å²) in [7, 11) is 1.79. The first-order valence-electron chi connectivity index (χ1n) is 7.16. The maximum absolute atomic E-state index is 10.6. The summed E-state index contributed by atoms with van der Waals surface area (Å²) in [6, 6.07) is 7.22. The molecular weight excluding hydrogens is 298 g/mol. The standard InChI is InChI=1S/C15H19N5O3/c1-16-10-23-9-11-8-13(18-7-5-14(21)22)20-15(19-11)12-4-2-3-6-17-12/h2-4,6,8,16H,5,7,9-10H2,1H3,(H,21,22)(H,18,19,20). The Balaban J connectivity index is 2.19. The Bertz CT molecular complexity index is 636. The molecule has 0 fully saturated rings. The second-order valence-electron chi connectivity index (χ2n) is 4.70. The van der Waals surface area contributed by atoms with Crippen LogP contribution in [-0.4, -0.2) is 46.4 Å². The smallest absolute Gasteiger partial charge is 0.305 e. The number of nitrogens with one attached hydrogen (secondary N) is 2. The number of nitrogens with zero attached hydrogens (tertiary/aromatic N) is 3. The van der Waals surface area contributed by atoms with Gasteiger partial charge in [-0.05, 0) is 19.2 Å². The van der Waals surface area contributed by atoms with Crippen molar-refractivity contribution in [3.63, 3.8) is 0 Å². The highest BCUT2D eigenvalue weighted by atomic mass is 16.5. The maximum atomic E-state index is 10.6. The molecule has 0 aliphatic heterocycles. The van der Waals surface area contributed by atoms with Crippen LogP contribution < -0.4 is 10.6 Å². The highest BCUT2D eigenvalue weighted by molar-refractivity contribution is 5.67. The van der Waals surface area contributed by atoms with E-state index >= 15 is 0 Å². The molecular formula is C15H19N5O3. The number of anilines is 1. The van der Waals surface area contributed by atoms with Crippen LogP contribution in [0.15, 0.2) is 30.5 Å². The zero-order chi connectivity index (χ0) is 16.5. The molecule has 0 atom stereocenters. The minimum absolute atomic E-state index is 0.00844. The Morgan fingerprint density at radius 2 is 2.22 bits per heavy atom. The second-order valence-corrected chi connectivity index (χ2v) is 4.70. The molecule has 0 aromatic carbocycles. The van der Waals surface area contributed by atoms with E-state index in [1.165, 1.54) is 0 Å². The molecule has 0 saturated heterocycles. The van der Waals surface area contributed by atoms with Gasteiger partial charge < -0.3 is 15.2 Å². The van der Waals surface area contributed by atoms with Gasteiger partial charge in [0.05, 0.1) is 25.5 Å². The van der Waals surface area contributed by atoms with Gasteiger partial charge in [0.15, 0.2) is 5.82 Å². The lowest BCUT2D eigenvalue weighted by Gasteiger charge is -2.09. The molecule has 2 aromatic heterocycles. The molecule has 2 aromatic rings. The lowest BCUT2D eigenvalue weighted by atomic mass is 10.3. The van der Waals surface area contributed by atoms with Gasteiger partial charge in [-0.25, -0.2) is 9.97 Å². The average molecular weight is 317 g/mol. The molecule has 8 nitrogen and oxygen atoms in total. The van der Waals surface area contributed by atoms with Crippen LogP contribution in [0, 0.1) is 0 Å². The lowest BCUT2D eigenvalue weighted by Crippen LogP contribution is -2.13. The number of ether oxygens (including phenoxy) is 1. The van der Waals surface area contributed by atoms with Crippen LogP contribution in [0.2, 0.25) is 0 Å². The molecule has 0 aliphatic rings. The molecule has 122 valence electrons. The number of aliphatic carboxylic acids is 1. The number of aromatic nitrogens is 3. The predicted molar refractivity (Wildman–Crippen MR) is 84.7 cm³/mol. The molecule has 0 bridgehead atoms. The zero-order valence-corrected chi connectivity index (χ0v) is 12.8. The molecule has 0 saturated carbocycles. The van der Waals surface area contributed by atoms with E-state index in [1.807, 2.05) is 18.2 Å². The minimum Gasteiger partial charge on any atom is -0.481 e. The van der Waals surface area contributed by atoms with Crippen LogP contribution in [0.1, 0.15) is 12.1 Å². The molecule has 0 radical (unpaired) electrons. The van der Waals surface area contributed by atoms with Crippen molar-refractivity contribution in [2.45, 2.75) is 13.0 Å². The summed E-state index contributed by atoms with van der Waals surface area (Å²) in [5.41, 5.74) is 1.33. The van der Waals surface area contributed by atoms with Crippen molar-refractivity contribution in [1.29, 1.82) is 0 Å². The normalized spacial score (nSPS) is 10.5. The highest BCUT2D eigenvalue weighted by Crippen LogP contribution is 2.16. The third-order valence-corrected chi connectivity index (χ3v) is 2.81. The minimum atomic E-state index is -0.867. The Labute approximate surface area is 134 Å². The lowest BCUT2D eigenvalue weighted by molar-refractivity contribution is -0.136. The summed E-state index contributed by atoms with van der Waals surface area (Å²) < 4.78 is 5.41. The van der Waals surface area contributed by atoms with Gasteiger partial charge in [-0.1, -0.05) is 6.07 Å². The Hall–Kier alpha value is -2.58. The molecule has 0 spiro atoms. The summed E-state index contributed by atoms with van der Waals surface area (Å²) in [5, 5.41) is 14.6. The van der Waals surface area contributed by atoms with E-state index in [9.17, 15) is 4.79 Å². The quantitative estimate of drug-likeness (QED) is 0.466. The maximum Gasteiger partial charge on any atom is 0.305 e. The van der Waals surface area contributed by atoms with Gasteiger partial charge in [0.25, 0.3) is 0 Å². The van der Waals surface area contributed by atoms with Crippen LogP contribution >= 0.6 is 0 Å². The van der Waals surface area contributed by atoms with Gasteiger partial charge >= 0.3 is 5.97 Å². The van der Waals surface area contributed by atoms with Crippen LogP contribution in [0.25, 0.3) is 11.5 Å². The van der Waals surface area contributed by atoms with Crippen LogP contribution in [0.5, 0.6) is 0 Å². The Morgan fingerprint density at radius 3 is 2.91 bits per heavy atom. The third-order valence-electron chi connectivity index (χ3n) is 2.81. The summed E-state index contributed by atoms with van der Waals surface area (Å²) in [6.07, 6.45) is 1.68. The molecule has 2 heterocycles. The van der Waals surface area contributed by atoms with E-state index < -0.39 is 5.97 Å². The molecule has 8 heteroatoms. The van der Waals surface area contributed by atoms with Crippen molar-refractivity contribution < 1.29 is 14.6 Å². The van der Waals surface area contributed by atoms with Crippen molar-refractivity contribution in [1.82, 2.24) is 20.3 Å². The SMILES string of the molecule is CNCOCc1cc(NCCC(=O)O)nc(-c2ccccn2)n1. The van der Waals surface area contributed by atoms with Crippen molar-refractivity contribution in [2.75, 3.05) is 25.6 Å². The summed E-state index contributed by atoms with van der Waals surface area (Å²) in [4.78, 5) is 23.7. The van der Waals surface area contributed by atoms with Crippen LogP contribution in [0.4, 0.5) is 5.82 Å². The van der Waals surface area contributed by atoms with E-state index in [4.69, 9.17) is 9.84 Å². The Kier molecular flexibility index (Phi) is 6.40. The number of pyridine rings is 1. The molecule has 0 aliphatic carbocycles. The molecule has 23 heavy (non-hydrogen) atoms. The number of hydrogen-bond acceptors (Lipinski definition) is 7. The van der Waals surface area contributed by atoms with Crippen molar-refractivity contribution in [2.24, 2.45) is 0 Å². The molecule has 2 rings (SSSR count). The van der Waals surface area contributed by atoms with E-state index in [1.54, 1.807) is 19.3 Å². The summed E-state index contributed by atoms with van der Waals surface area (Å²) in [5.74, 6) is 0.146. The average Bonchev–Trinajstić information content (AvgIpc) is 2.55. The summed E-state index contributed by atoms with van der Waals surface area (Å²) in [6.45, 7) is 1.01. The van der Waals surface area contributed by atoms with Crippen molar-refractivity contribution in [3.8, 4) is 11.5 Å². The van der Waals surface area contributed by atoms with Gasteiger partial charge in [0.2, 0.25) is 0 Å². The fourth-order valence-electron chi connectivity index (χ4n) is 1.83. The first kappa shape index (κ1) is 16.8. The van der Waals surface area contributed by atoms with Gasteiger partial charge in [-0.15, -0.1) is 0 Å². The first-order chi connectivity index (χ1) is 11.2. The van der Waals surface area contributed by atoms with Gasteiger partial charge in [-0.3, -0.25) is 15.1 Å². The van der Waals surface area contributed by atoms with Gasteiger partial charge in [0.1, 0.15) is 11.5 Å². The van der Waals surface area contributed by atoms with E-state index in [0.29, 0.717) is 36.4 Å². The highest BCUT2D eigenvalue weighted by Gasteiger charge is 2.08. The van der Waals surface area contributed by atoms with Crippen LogP contribution in [0.3, 0.4) is 0 Å². The van der Waals surface area contributed by atoms with Gasteiger partial charge in [0, 0.05) is 18.8 Å². The fraction of sp³-hybridized carbons (Fsp3) is 0.333. The molecule has 0 unspecified atom stereocenters. The zero-order valence-electron chi connectivity index (χ0n) is 12.8.